The van der Waals surface area contributed by atoms with Gasteiger partial charge in [0.1, 0.15) is 0 Å². The number of hydrogen-bond donors (Lipinski definition) is 1. The number of nitrogens with one attached hydrogen (secondary N) is 1. The Balaban J connectivity index is 2.66. The summed E-state index contributed by atoms with van der Waals surface area (Å²) < 4.78 is 0. The van der Waals surface area contributed by atoms with Crippen molar-refractivity contribution in [3.05, 3.63) is 39.9 Å². The number of carbonyl (C=O) groups is 1. The lowest BCUT2D eigenvalue weighted by Gasteiger charge is -2.13. The summed E-state index contributed by atoms with van der Waals surface area (Å²) >= 11 is 5.50. The van der Waals surface area contributed by atoms with Gasteiger partial charge in [0.15, 0.2) is 0 Å². The highest BCUT2D eigenvalue weighted by molar-refractivity contribution is 6.17. The lowest BCUT2D eigenvalue weighted by atomic mass is 10.1. The van der Waals surface area contributed by atoms with E-state index < -0.39 is 4.92 Å². The second kappa shape index (κ2) is 6.96. The molecule has 1 aromatic rings. The normalized spacial score (nSPS) is 11.9. The summed E-state index contributed by atoms with van der Waals surface area (Å²) in [6.07, 6.45) is 0.984. The molecule has 0 aliphatic rings. The lowest BCUT2D eigenvalue weighted by Crippen LogP contribution is -2.26. The van der Waals surface area contributed by atoms with Crippen LogP contribution in [0.15, 0.2) is 24.3 Å². The molecule has 0 fully saturated rings. The number of rotatable bonds is 6. The number of halogens is 1. The number of alkyl halides is 1. The van der Waals surface area contributed by atoms with Crippen LogP contribution in [0.25, 0.3) is 0 Å². The van der Waals surface area contributed by atoms with Gasteiger partial charge in [-0.1, -0.05) is 12.1 Å². The first kappa shape index (κ1) is 14.4. The minimum absolute atomic E-state index is 0.0226. The first-order valence-electron chi connectivity index (χ1n) is 5.64. The average molecular weight is 271 g/mol. The fraction of sp³-hybridized carbons (Fsp3) is 0.417. The molecule has 18 heavy (non-hydrogen) atoms. The smallest absolute Gasteiger partial charge is 0.269 e. The lowest BCUT2D eigenvalue weighted by molar-refractivity contribution is -0.384. The van der Waals surface area contributed by atoms with Gasteiger partial charge in [0.2, 0.25) is 5.91 Å². The second-order valence-electron chi connectivity index (χ2n) is 3.93. The molecule has 0 spiro atoms. The van der Waals surface area contributed by atoms with Crippen LogP contribution >= 0.6 is 11.6 Å². The predicted molar refractivity (Wildman–Crippen MR) is 69.6 cm³/mol. The van der Waals surface area contributed by atoms with Gasteiger partial charge in [0, 0.05) is 24.4 Å². The molecule has 0 aliphatic heterocycles. The van der Waals surface area contributed by atoms with Crippen molar-refractivity contribution in [2.75, 3.05) is 5.88 Å². The molecular formula is C12H15ClN2O3. The number of carbonyl (C=O) groups excluding carboxylic acids is 1. The minimum atomic E-state index is -0.453. The van der Waals surface area contributed by atoms with Crippen LogP contribution in [-0.4, -0.2) is 16.7 Å². The van der Waals surface area contributed by atoms with E-state index in [0.717, 1.165) is 0 Å². The van der Waals surface area contributed by atoms with E-state index in [1.54, 1.807) is 19.1 Å². The molecule has 1 aromatic carbocycles. The first-order valence-corrected chi connectivity index (χ1v) is 6.17. The third-order valence-corrected chi connectivity index (χ3v) is 2.76. The van der Waals surface area contributed by atoms with E-state index in [0.29, 0.717) is 24.3 Å². The van der Waals surface area contributed by atoms with Crippen LogP contribution < -0.4 is 5.32 Å². The Morgan fingerprint density at radius 3 is 2.89 bits per heavy atom. The summed E-state index contributed by atoms with van der Waals surface area (Å²) in [5, 5.41) is 13.4. The van der Waals surface area contributed by atoms with Crippen molar-refractivity contribution in [2.45, 2.75) is 25.8 Å². The largest absolute Gasteiger partial charge is 0.350 e. The quantitative estimate of drug-likeness (QED) is 0.491. The molecule has 5 nitrogen and oxygen atoms in total. The van der Waals surface area contributed by atoms with E-state index in [4.69, 9.17) is 11.6 Å². The molecule has 0 saturated carbocycles. The van der Waals surface area contributed by atoms with E-state index >= 15 is 0 Å². The van der Waals surface area contributed by atoms with Crippen LogP contribution in [0.4, 0.5) is 5.69 Å². The zero-order valence-electron chi connectivity index (χ0n) is 10.1. The molecule has 0 radical (unpaired) electrons. The Hall–Kier alpha value is -1.62. The first-order chi connectivity index (χ1) is 8.54. The fourth-order valence-electron chi connectivity index (χ4n) is 1.53. The van der Waals surface area contributed by atoms with E-state index in [1.807, 2.05) is 0 Å². The third kappa shape index (κ3) is 4.33. The zero-order valence-corrected chi connectivity index (χ0v) is 10.8. The molecule has 0 saturated heterocycles. The minimum Gasteiger partial charge on any atom is -0.350 e. The van der Waals surface area contributed by atoms with Gasteiger partial charge in [-0.15, -0.1) is 11.6 Å². The average Bonchev–Trinajstić information content (AvgIpc) is 2.36. The Morgan fingerprint density at radius 2 is 2.28 bits per heavy atom. The summed E-state index contributed by atoms with van der Waals surface area (Å²) in [5.41, 5.74) is 0.734. The Kier molecular flexibility index (Phi) is 5.58. The van der Waals surface area contributed by atoms with Crippen LogP contribution in [0.1, 0.15) is 31.4 Å². The highest BCUT2D eigenvalue weighted by atomic mass is 35.5. The number of benzene rings is 1. The van der Waals surface area contributed by atoms with Gasteiger partial charge in [0.25, 0.3) is 5.69 Å². The maximum absolute atomic E-state index is 11.5. The van der Waals surface area contributed by atoms with Crippen LogP contribution in [0, 0.1) is 10.1 Å². The molecule has 0 aliphatic carbocycles. The van der Waals surface area contributed by atoms with Crippen molar-refractivity contribution in [3.8, 4) is 0 Å². The Labute approximate surface area is 110 Å². The Bertz CT molecular complexity index is 437. The topological polar surface area (TPSA) is 72.2 Å². The van der Waals surface area contributed by atoms with Crippen molar-refractivity contribution < 1.29 is 9.72 Å². The van der Waals surface area contributed by atoms with E-state index in [9.17, 15) is 14.9 Å². The van der Waals surface area contributed by atoms with Gasteiger partial charge >= 0.3 is 0 Å². The molecule has 1 amide bonds. The molecule has 0 heterocycles. The number of nitro groups is 1. The molecule has 1 rings (SSSR count). The summed E-state index contributed by atoms with van der Waals surface area (Å²) in [4.78, 5) is 21.7. The van der Waals surface area contributed by atoms with Crippen molar-refractivity contribution in [1.82, 2.24) is 5.32 Å². The Morgan fingerprint density at radius 1 is 1.56 bits per heavy atom. The van der Waals surface area contributed by atoms with E-state index in [1.165, 1.54) is 12.1 Å². The van der Waals surface area contributed by atoms with Crippen LogP contribution in [0.2, 0.25) is 0 Å². The molecule has 1 atom stereocenters. The maximum Gasteiger partial charge on any atom is 0.269 e. The highest BCUT2D eigenvalue weighted by Crippen LogP contribution is 2.18. The fourth-order valence-corrected chi connectivity index (χ4v) is 1.67. The molecule has 0 aromatic heterocycles. The van der Waals surface area contributed by atoms with Gasteiger partial charge in [-0.2, -0.15) is 0 Å². The summed E-state index contributed by atoms with van der Waals surface area (Å²) in [5.74, 6) is 0.341. The molecule has 1 unspecified atom stereocenters. The van der Waals surface area contributed by atoms with Crippen LogP contribution in [0.3, 0.4) is 0 Å². The zero-order chi connectivity index (χ0) is 13.5. The van der Waals surface area contributed by atoms with Crippen molar-refractivity contribution >= 4 is 23.2 Å². The van der Waals surface area contributed by atoms with Crippen molar-refractivity contribution in [1.29, 1.82) is 0 Å². The highest BCUT2D eigenvalue weighted by Gasteiger charge is 2.12. The predicted octanol–water partition coefficient (Wildman–Crippen LogP) is 2.79. The van der Waals surface area contributed by atoms with E-state index in [2.05, 4.69) is 5.32 Å². The van der Waals surface area contributed by atoms with Gasteiger partial charge in [-0.05, 0) is 18.9 Å². The SMILES string of the molecule is CC(NC(=O)CCCCl)c1cccc([N+](=O)[O-])c1. The molecule has 98 valence electrons. The van der Waals surface area contributed by atoms with Gasteiger partial charge in [-0.25, -0.2) is 0 Å². The summed E-state index contributed by atoms with van der Waals surface area (Å²) in [6.45, 7) is 1.79. The van der Waals surface area contributed by atoms with Gasteiger partial charge in [0.05, 0.1) is 11.0 Å². The van der Waals surface area contributed by atoms with E-state index in [-0.39, 0.29) is 17.6 Å². The third-order valence-electron chi connectivity index (χ3n) is 2.50. The number of amides is 1. The number of nitrogens with zero attached hydrogens (tertiary/aromatic N) is 1. The monoisotopic (exact) mass is 270 g/mol. The molecular weight excluding hydrogens is 256 g/mol. The van der Waals surface area contributed by atoms with Crippen LogP contribution in [-0.2, 0) is 4.79 Å². The molecule has 1 N–H and O–H groups in total. The van der Waals surface area contributed by atoms with Crippen molar-refractivity contribution in [2.24, 2.45) is 0 Å². The number of hydrogen-bond acceptors (Lipinski definition) is 3. The second-order valence-corrected chi connectivity index (χ2v) is 4.31. The van der Waals surface area contributed by atoms with Crippen molar-refractivity contribution in [3.63, 3.8) is 0 Å². The molecule has 0 bridgehead atoms. The van der Waals surface area contributed by atoms with Crippen LogP contribution in [0.5, 0.6) is 0 Å². The maximum atomic E-state index is 11.5. The summed E-state index contributed by atoms with van der Waals surface area (Å²) in [6, 6.07) is 5.99. The molecule has 6 heteroatoms. The standard InChI is InChI=1S/C12H15ClN2O3/c1-9(14-12(16)6-3-7-13)10-4-2-5-11(8-10)15(17)18/h2,4-5,8-9H,3,6-7H2,1H3,(H,14,16). The number of non-ortho nitro benzene ring substituents is 1. The van der Waals surface area contributed by atoms with Gasteiger partial charge in [-0.3, -0.25) is 14.9 Å². The van der Waals surface area contributed by atoms with Gasteiger partial charge < -0.3 is 5.32 Å². The summed E-state index contributed by atoms with van der Waals surface area (Å²) in [7, 11) is 0. The number of nitro benzene ring substituents is 1.